The van der Waals surface area contributed by atoms with Crippen LogP contribution in [0.5, 0.6) is 0 Å². The van der Waals surface area contributed by atoms with Crippen molar-refractivity contribution in [1.82, 2.24) is 9.97 Å². The number of hydrogen-bond acceptors (Lipinski definition) is 5. The van der Waals surface area contributed by atoms with E-state index >= 15 is 0 Å². The van der Waals surface area contributed by atoms with Crippen LogP contribution in [0.4, 0.5) is 5.69 Å². The number of amides is 1. The molecule has 0 saturated carbocycles. The number of benzene rings is 1. The van der Waals surface area contributed by atoms with E-state index in [9.17, 15) is 13.2 Å². The molecule has 104 valence electrons. The molecule has 0 radical (unpaired) electrons. The summed E-state index contributed by atoms with van der Waals surface area (Å²) in [4.78, 5) is 19.1. The van der Waals surface area contributed by atoms with Crippen molar-refractivity contribution in [3.8, 4) is 0 Å². The van der Waals surface area contributed by atoms with Crippen molar-refractivity contribution in [3.63, 3.8) is 0 Å². The lowest BCUT2D eigenvalue weighted by Crippen LogP contribution is -2.14. The number of anilines is 1. The average Bonchev–Trinajstić information content (AvgIpc) is 2.38. The van der Waals surface area contributed by atoms with Crippen molar-refractivity contribution in [2.24, 2.45) is 5.14 Å². The second-order valence-electron chi connectivity index (χ2n) is 3.77. The molecule has 0 fully saturated rings. The molecule has 0 unspecified atom stereocenters. The van der Waals surface area contributed by atoms with Gasteiger partial charge in [-0.1, -0.05) is 11.6 Å². The second kappa shape index (κ2) is 5.53. The fourth-order valence-corrected chi connectivity index (χ4v) is 2.52. The van der Waals surface area contributed by atoms with E-state index in [0.29, 0.717) is 5.69 Å². The molecule has 2 rings (SSSR count). The van der Waals surface area contributed by atoms with Crippen LogP contribution in [0.15, 0.2) is 41.8 Å². The Kier molecular flexibility index (Phi) is 3.98. The maximum atomic E-state index is 11.8. The molecule has 0 aliphatic rings. The van der Waals surface area contributed by atoms with Gasteiger partial charge in [0.1, 0.15) is 11.2 Å². The number of rotatable bonds is 3. The Balaban J connectivity index is 2.24. The lowest BCUT2D eigenvalue weighted by Gasteiger charge is -2.07. The van der Waals surface area contributed by atoms with E-state index in [2.05, 4.69) is 15.3 Å². The maximum absolute atomic E-state index is 11.8. The van der Waals surface area contributed by atoms with Gasteiger partial charge in [-0.25, -0.2) is 23.5 Å². The molecular weight excluding hydrogens is 304 g/mol. The molecule has 1 aromatic carbocycles. The van der Waals surface area contributed by atoms with Crippen molar-refractivity contribution in [2.75, 3.05) is 5.32 Å². The third-order valence-electron chi connectivity index (χ3n) is 2.32. The predicted octanol–water partition coefficient (Wildman–Crippen LogP) is 1.03. The number of nitrogens with two attached hydrogens (primary N) is 1. The summed E-state index contributed by atoms with van der Waals surface area (Å²) in [7, 11) is -3.90. The lowest BCUT2D eigenvalue weighted by molar-refractivity contribution is 0.102. The van der Waals surface area contributed by atoms with Crippen molar-refractivity contribution >= 4 is 33.2 Å². The van der Waals surface area contributed by atoms with Crippen LogP contribution in [0, 0.1) is 0 Å². The Morgan fingerprint density at radius 3 is 2.45 bits per heavy atom. The molecule has 0 bridgehead atoms. The van der Waals surface area contributed by atoms with Gasteiger partial charge in [-0.05, 0) is 18.2 Å². The number of aromatic nitrogens is 2. The van der Waals surface area contributed by atoms with Crippen LogP contribution in [-0.2, 0) is 10.0 Å². The molecule has 2 aromatic rings. The van der Waals surface area contributed by atoms with Crippen molar-refractivity contribution in [2.45, 2.75) is 4.90 Å². The van der Waals surface area contributed by atoms with E-state index in [4.69, 9.17) is 16.7 Å². The number of halogens is 1. The summed E-state index contributed by atoms with van der Waals surface area (Å²) >= 11 is 5.81. The van der Waals surface area contributed by atoms with Crippen LogP contribution in [0.25, 0.3) is 0 Å². The van der Waals surface area contributed by atoms with Crippen LogP contribution in [0.1, 0.15) is 10.4 Å². The van der Waals surface area contributed by atoms with Crippen molar-refractivity contribution < 1.29 is 13.2 Å². The van der Waals surface area contributed by atoms with Gasteiger partial charge in [0.05, 0.1) is 10.6 Å². The first-order valence-corrected chi connectivity index (χ1v) is 7.19. The standard InChI is InChI=1S/C11H9ClN4O3S/c12-9-3-8(1-2-10(9)20(13,18)19)16-11(17)7-4-14-6-15-5-7/h1-6H,(H,16,17)(H2,13,18,19). The summed E-state index contributed by atoms with van der Waals surface area (Å²) in [5.41, 5.74) is 0.593. The van der Waals surface area contributed by atoms with E-state index in [1.54, 1.807) is 0 Å². The van der Waals surface area contributed by atoms with Crippen molar-refractivity contribution in [1.29, 1.82) is 0 Å². The first-order chi connectivity index (χ1) is 9.38. The number of carbonyl (C=O) groups excluding carboxylic acids is 1. The fraction of sp³-hybridized carbons (Fsp3) is 0. The Labute approximate surface area is 119 Å². The van der Waals surface area contributed by atoms with Crippen LogP contribution >= 0.6 is 11.6 Å². The van der Waals surface area contributed by atoms with Gasteiger partial charge in [-0.15, -0.1) is 0 Å². The molecule has 3 N–H and O–H groups in total. The maximum Gasteiger partial charge on any atom is 0.258 e. The minimum absolute atomic E-state index is 0.0744. The first kappa shape index (κ1) is 14.4. The summed E-state index contributed by atoms with van der Waals surface area (Å²) in [5, 5.41) is 7.45. The van der Waals surface area contributed by atoms with E-state index in [-0.39, 0.29) is 15.5 Å². The minimum Gasteiger partial charge on any atom is -0.322 e. The van der Waals surface area contributed by atoms with Gasteiger partial charge in [0.2, 0.25) is 10.0 Å². The smallest absolute Gasteiger partial charge is 0.258 e. The molecule has 7 nitrogen and oxygen atoms in total. The Morgan fingerprint density at radius 2 is 1.90 bits per heavy atom. The second-order valence-corrected chi connectivity index (χ2v) is 5.71. The number of primary sulfonamides is 1. The molecular formula is C11H9ClN4O3S. The molecule has 1 amide bonds. The van der Waals surface area contributed by atoms with E-state index in [1.165, 1.54) is 36.9 Å². The predicted molar refractivity (Wildman–Crippen MR) is 72.8 cm³/mol. The minimum atomic E-state index is -3.90. The zero-order chi connectivity index (χ0) is 14.8. The number of nitrogens with zero attached hydrogens (tertiary/aromatic N) is 2. The van der Waals surface area contributed by atoms with Gasteiger partial charge in [0.15, 0.2) is 0 Å². The summed E-state index contributed by atoms with van der Waals surface area (Å²) in [5.74, 6) is -0.440. The summed E-state index contributed by atoms with van der Waals surface area (Å²) in [6.07, 6.45) is 4.00. The van der Waals surface area contributed by atoms with Crippen LogP contribution in [-0.4, -0.2) is 24.3 Å². The van der Waals surface area contributed by atoms with Gasteiger partial charge in [-0.2, -0.15) is 0 Å². The van der Waals surface area contributed by atoms with E-state index in [0.717, 1.165) is 0 Å². The highest BCUT2D eigenvalue weighted by Gasteiger charge is 2.14. The normalized spacial score (nSPS) is 11.1. The molecule has 9 heteroatoms. The van der Waals surface area contributed by atoms with Gasteiger partial charge in [-0.3, -0.25) is 4.79 Å². The average molecular weight is 313 g/mol. The van der Waals surface area contributed by atoms with Crippen LogP contribution in [0.2, 0.25) is 5.02 Å². The van der Waals surface area contributed by atoms with Crippen LogP contribution in [0.3, 0.4) is 0 Å². The monoisotopic (exact) mass is 312 g/mol. The van der Waals surface area contributed by atoms with Gasteiger partial charge >= 0.3 is 0 Å². The third kappa shape index (κ3) is 3.29. The molecule has 1 heterocycles. The highest BCUT2D eigenvalue weighted by atomic mass is 35.5. The summed E-state index contributed by atoms with van der Waals surface area (Å²) in [6, 6.07) is 3.89. The summed E-state index contributed by atoms with van der Waals surface area (Å²) in [6.45, 7) is 0. The molecule has 0 saturated heterocycles. The number of carbonyl (C=O) groups is 1. The van der Waals surface area contributed by atoms with Gasteiger partial charge in [0, 0.05) is 18.1 Å². The van der Waals surface area contributed by atoms with Gasteiger partial charge < -0.3 is 5.32 Å². The van der Waals surface area contributed by atoms with Crippen LogP contribution < -0.4 is 10.5 Å². The topological polar surface area (TPSA) is 115 Å². The quantitative estimate of drug-likeness (QED) is 0.878. The molecule has 0 aliphatic carbocycles. The SMILES string of the molecule is NS(=O)(=O)c1ccc(NC(=O)c2cncnc2)cc1Cl. The Bertz CT molecular complexity index is 750. The Hall–Kier alpha value is -2.03. The first-order valence-electron chi connectivity index (χ1n) is 5.26. The van der Waals surface area contributed by atoms with E-state index in [1.807, 2.05) is 0 Å². The number of nitrogens with one attached hydrogen (secondary N) is 1. The lowest BCUT2D eigenvalue weighted by atomic mass is 10.3. The van der Waals surface area contributed by atoms with E-state index < -0.39 is 15.9 Å². The largest absolute Gasteiger partial charge is 0.322 e. The number of hydrogen-bond donors (Lipinski definition) is 2. The molecule has 0 spiro atoms. The Morgan fingerprint density at radius 1 is 1.25 bits per heavy atom. The number of sulfonamides is 1. The highest BCUT2D eigenvalue weighted by molar-refractivity contribution is 7.89. The molecule has 0 aliphatic heterocycles. The fourth-order valence-electron chi connectivity index (χ4n) is 1.43. The highest BCUT2D eigenvalue weighted by Crippen LogP contribution is 2.24. The zero-order valence-electron chi connectivity index (χ0n) is 9.95. The molecule has 1 aromatic heterocycles. The third-order valence-corrected chi connectivity index (χ3v) is 3.71. The molecule has 0 atom stereocenters. The zero-order valence-corrected chi connectivity index (χ0v) is 11.5. The van der Waals surface area contributed by atoms with Gasteiger partial charge in [0.25, 0.3) is 5.91 Å². The molecule has 20 heavy (non-hydrogen) atoms. The summed E-state index contributed by atoms with van der Waals surface area (Å²) < 4.78 is 22.4. The van der Waals surface area contributed by atoms with Crippen molar-refractivity contribution in [3.05, 3.63) is 47.5 Å².